The summed E-state index contributed by atoms with van der Waals surface area (Å²) in [6, 6.07) is 21.5. The monoisotopic (exact) mass is 432 g/mol. The molecule has 1 aromatic heterocycles. The molecule has 0 radical (unpaired) electrons. The molecule has 0 saturated heterocycles. The molecule has 0 aliphatic rings. The number of nitrogens with zero attached hydrogens (tertiary/aromatic N) is 2. The Morgan fingerprint density at radius 2 is 1.61 bits per heavy atom. The van der Waals surface area contributed by atoms with E-state index in [1.165, 1.54) is 12.1 Å². The lowest BCUT2D eigenvalue weighted by molar-refractivity contribution is 0.415. The van der Waals surface area contributed by atoms with Crippen molar-refractivity contribution >= 4 is 44.6 Å². The molecule has 156 valence electrons. The standard InChI is InChI=1S/C23H20N4O3S/c1-30-18-11-6-16(7-12-18)8-15-22-26-21-5-3-2-4-20(21)23(27-22)25-17-9-13-19(14-10-17)31(24,28)29/h2-15H,1H3,(H2,24,28,29)(H,25,26,27). The summed E-state index contributed by atoms with van der Waals surface area (Å²) in [5.74, 6) is 1.94. The van der Waals surface area contributed by atoms with Gasteiger partial charge >= 0.3 is 0 Å². The third-order valence-corrected chi connectivity index (χ3v) is 5.54. The molecule has 0 saturated carbocycles. The molecule has 0 spiro atoms. The van der Waals surface area contributed by atoms with E-state index in [2.05, 4.69) is 15.3 Å². The second kappa shape index (κ2) is 8.55. The molecule has 4 rings (SSSR count). The van der Waals surface area contributed by atoms with Crippen LogP contribution in [0.4, 0.5) is 11.5 Å². The van der Waals surface area contributed by atoms with Crippen molar-refractivity contribution in [2.24, 2.45) is 5.14 Å². The fraction of sp³-hybridized carbons (Fsp3) is 0.0435. The van der Waals surface area contributed by atoms with E-state index < -0.39 is 10.0 Å². The lowest BCUT2D eigenvalue weighted by Crippen LogP contribution is -2.11. The lowest BCUT2D eigenvalue weighted by Gasteiger charge is -2.10. The molecule has 0 fully saturated rings. The molecule has 0 bridgehead atoms. The van der Waals surface area contributed by atoms with Crippen molar-refractivity contribution in [2.45, 2.75) is 4.90 Å². The zero-order chi connectivity index (χ0) is 21.8. The van der Waals surface area contributed by atoms with Gasteiger partial charge in [-0.2, -0.15) is 0 Å². The number of fused-ring (bicyclic) bond motifs is 1. The summed E-state index contributed by atoms with van der Waals surface area (Å²) in [5, 5.41) is 9.26. The fourth-order valence-electron chi connectivity index (χ4n) is 3.01. The van der Waals surface area contributed by atoms with Crippen LogP contribution < -0.4 is 15.2 Å². The van der Waals surface area contributed by atoms with Crippen molar-refractivity contribution in [3.8, 4) is 5.75 Å². The van der Waals surface area contributed by atoms with Gasteiger partial charge in [0.2, 0.25) is 10.0 Å². The van der Waals surface area contributed by atoms with Crippen molar-refractivity contribution in [1.29, 1.82) is 0 Å². The number of rotatable bonds is 6. The zero-order valence-corrected chi connectivity index (χ0v) is 17.5. The van der Waals surface area contributed by atoms with Gasteiger partial charge in [0.05, 0.1) is 17.5 Å². The second-order valence-corrected chi connectivity index (χ2v) is 8.31. The summed E-state index contributed by atoms with van der Waals surface area (Å²) >= 11 is 0. The number of anilines is 2. The van der Waals surface area contributed by atoms with Crippen molar-refractivity contribution in [3.05, 3.63) is 84.2 Å². The summed E-state index contributed by atoms with van der Waals surface area (Å²) in [5.41, 5.74) is 2.46. The Labute approximate surface area is 180 Å². The highest BCUT2D eigenvalue weighted by molar-refractivity contribution is 7.89. The molecule has 0 aliphatic carbocycles. The molecular weight excluding hydrogens is 412 g/mol. The Hall–Kier alpha value is -3.75. The molecule has 31 heavy (non-hydrogen) atoms. The zero-order valence-electron chi connectivity index (χ0n) is 16.7. The van der Waals surface area contributed by atoms with E-state index in [0.717, 1.165) is 22.2 Å². The Kier molecular flexibility index (Phi) is 5.66. The quantitative estimate of drug-likeness (QED) is 0.473. The first-order chi connectivity index (χ1) is 14.9. The van der Waals surface area contributed by atoms with Gasteiger partial charge in [0.15, 0.2) is 5.82 Å². The van der Waals surface area contributed by atoms with E-state index >= 15 is 0 Å². The van der Waals surface area contributed by atoms with E-state index in [1.54, 1.807) is 19.2 Å². The Morgan fingerprint density at radius 1 is 0.903 bits per heavy atom. The third kappa shape index (κ3) is 4.88. The van der Waals surface area contributed by atoms with E-state index in [1.807, 2.05) is 60.7 Å². The van der Waals surface area contributed by atoms with Crippen LogP contribution in [0.1, 0.15) is 11.4 Å². The lowest BCUT2D eigenvalue weighted by atomic mass is 10.2. The molecule has 3 aromatic carbocycles. The Bertz CT molecular complexity index is 1350. The van der Waals surface area contributed by atoms with Crippen molar-refractivity contribution in [2.75, 3.05) is 12.4 Å². The van der Waals surface area contributed by atoms with Crippen LogP contribution >= 0.6 is 0 Å². The number of hydrogen-bond donors (Lipinski definition) is 2. The maximum atomic E-state index is 11.5. The number of nitrogens with one attached hydrogen (secondary N) is 1. The van der Waals surface area contributed by atoms with Crippen molar-refractivity contribution in [1.82, 2.24) is 9.97 Å². The van der Waals surface area contributed by atoms with Gasteiger partial charge in [-0.1, -0.05) is 30.3 Å². The minimum atomic E-state index is -3.74. The molecule has 0 amide bonds. The number of benzene rings is 3. The summed E-state index contributed by atoms with van der Waals surface area (Å²) < 4.78 is 28.1. The molecular formula is C23H20N4O3S. The molecule has 0 aliphatic heterocycles. The van der Waals surface area contributed by atoms with E-state index in [-0.39, 0.29) is 4.90 Å². The number of sulfonamides is 1. The number of primary sulfonamides is 1. The smallest absolute Gasteiger partial charge is 0.238 e. The summed E-state index contributed by atoms with van der Waals surface area (Å²) in [6.07, 6.45) is 3.76. The van der Waals surface area contributed by atoms with Gasteiger partial charge < -0.3 is 10.1 Å². The number of ether oxygens (including phenoxy) is 1. The minimum Gasteiger partial charge on any atom is -0.497 e. The number of para-hydroxylation sites is 1. The average molecular weight is 433 g/mol. The molecule has 3 N–H and O–H groups in total. The van der Waals surface area contributed by atoms with Gasteiger partial charge in [-0.15, -0.1) is 0 Å². The SMILES string of the molecule is COc1ccc(C=Cc2nc(Nc3ccc(S(N)(=O)=O)cc3)c3ccccc3n2)cc1. The number of hydrogen-bond acceptors (Lipinski definition) is 6. The highest BCUT2D eigenvalue weighted by atomic mass is 32.2. The van der Waals surface area contributed by atoms with Crippen LogP contribution in [0.25, 0.3) is 23.1 Å². The highest BCUT2D eigenvalue weighted by Crippen LogP contribution is 2.25. The van der Waals surface area contributed by atoms with Crippen LogP contribution in [0.5, 0.6) is 5.75 Å². The first-order valence-corrected chi connectivity index (χ1v) is 11.0. The molecule has 7 nitrogen and oxygen atoms in total. The fourth-order valence-corrected chi connectivity index (χ4v) is 3.53. The minimum absolute atomic E-state index is 0.0497. The topological polar surface area (TPSA) is 107 Å². The Balaban J connectivity index is 1.67. The van der Waals surface area contributed by atoms with Crippen LogP contribution in [0, 0.1) is 0 Å². The summed E-state index contributed by atoms with van der Waals surface area (Å²) in [4.78, 5) is 9.30. The number of nitrogens with two attached hydrogens (primary N) is 1. The maximum absolute atomic E-state index is 11.5. The number of methoxy groups -OCH3 is 1. The average Bonchev–Trinajstić information content (AvgIpc) is 2.78. The van der Waals surface area contributed by atoms with Crippen LogP contribution in [0.2, 0.25) is 0 Å². The van der Waals surface area contributed by atoms with Crippen LogP contribution in [-0.2, 0) is 10.0 Å². The predicted octanol–water partition coefficient (Wildman–Crippen LogP) is 4.20. The van der Waals surface area contributed by atoms with Gasteiger partial charge in [-0.05, 0) is 60.2 Å². The van der Waals surface area contributed by atoms with E-state index in [9.17, 15) is 8.42 Å². The van der Waals surface area contributed by atoms with Crippen molar-refractivity contribution in [3.63, 3.8) is 0 Å². The summed E-state index contributed by atoms with van der Waals surface area (Å²) in [6.45, 7) is 0. The normalized spacial score (nSPS) is 11.7. The molecule has 0 atom stereocenters. The molecule has 0 unspecified atom stereocenters. The van der Waals surface area contributed by atoms with Crippen LogP contribution in [0.15, 0.2) is 77.7 Å². The molecule has 4 aromatic rings. The van der Waals surface area contributed by atoms with E-state index in [4.69, 9.17) is 9.88 Å². The van der Waals surface area contributed by atoms with Crippen LogP contribution in [-0.4, -0.2) is 25.5 Å². The highest BCUT2D eigenvalue weighted by Gasteiger charge is 2.09. The molecule has 8 heteroatoms. The van der Waals surface area contributed by atoms with E-state index in [0.29, 0.717) is 17.3 Å². The second-order valence-electron chi connectivity index (χ2n) is 6.75. The van der Waals surface area contributed by atoms with Gasteiger partial charge in [0.1, 0.15) is 11.6 Å². The molecule has 1 heterocycles. The Morgan fingerprint density at radius 3 is 2.29 bits per heavy atom. The van der Waals surface area contributed by atoms with Gasteiger partial charge in [0.25, 0.3) is 0 Å². The van der Waals surface area contributed by atoms with Gasteiger partial charge in [0, 0.05) is 11.1 Å². The largest absolute Gasteiger partial charge is 0.497 e. The van der Waals surface area contributed by atoms with Crippen molar-refractivity contribution < 1.29 is 13.2 Å². The maximum Gasteiger partial charge on any atom is 0.238 e. The van der Waals surface area contributed by atoms with Crippen LogP contribution in [0.3, 0.4) is 0 Å². The van der Waals surface area contributed by atoms with Gasteiger partial charge in [-0.25, -0.2) is 23.5 Å². The van der Waals surface area contributed by atoms with Gasteiger partial charge in [-0.3, -0.25) is 0 Å². The first kappa shape index (κ1) is 20.5. The summed E-state index contributed by atoms with van der Waals surface area (Å²) in [7, 11) is -2.11. The third-order valence-electron chi connectivity index (χ3n) is 4.61. The number of aromatic nitrogens is 2. The predicted molar refractivity (Wildman–Crippen MR) is 123 cm³/mol. The first-order valence-electron chi connectivity index (χ1n) is 9.41.